The third kappa shape index (κ3) is 6.97. The lowest BCUT2D eigenvalue weighted by Gasteiger charge is -2.27. The highest BCUT2D eigenvalue weighted by Gasteiger charge is 2.45. The van der Waals surface area contributed by atoms with E-state index in [9.17, 15) is 9.59 Å². The minimum atomic E-state index is -0.282. The minimum Gasteiger partial charge on any atom is -0.492 e. The molecule has 3 aromatic carbocycles. The van der Waals surface area contributed by atoms with Gasteiger partial charge < -0.3 is 9.47 Å². The molecular formula is C36H42N2O4S2. The maximum atomic E-state index is 14.2. The molecule has 2 amide bonds. The average Bonchev–Trinajstić information content (AvgIpc) is 3.54. The zero-order valence-electron chi connectivity index (χ0n) is 26.4. The Bertz CT molecular complexity index is 1460. The minimum absolute atomic E-state index is 0.196. The number of rotatable bonds is 12. The van der Waals surface area contributed by atoms with Crippen LogP contribution in [0, 0.1) is 0 Å². The largest absolute Gasteiger partial charge is 0.492 e. The standard InChI is InChI=1S/C36H42N2O4S2/c1-6-8-20-41-28-22-27(36(3,4)5)30(42-21-9-7-2)32-31(28)43-35(44-32)29-33(39)37(23-25-16-12-10-13-17-25)38(34(29)40)24-26-18-14-11-15-19-26/h10-19,22H,6-9,20-21,23-24H2,1-5H3. The Hall–Kier alpha value is -3.36. The molecule has 0 radical (unpaired) electrons. The lowest BCUT2D eigenvalue weighted by molar-refractivity contribution is -0.149. The Labute approximate surface area is 270 Å². The highest BCUT2D eigenvalue weighted by atomic mass is 32.2. The maximum absolute atomic E-state index is 14.2. The fraction of sp³-hybridized carbons (Fsp3) is 0.389. The number of hydrogen-bond acceptors (Lipinski definition) is 6. The number of thioether (sulfide) groups is 2. The van der Waals surface area contributed by atoms with Crippen molar-refractivity contribution in [1.29, 1.82) is 0 Å². The van der Waals surface area contributed by atoms with Gasteiger partial charge in [-0.25, -0.2) is 10.0 Å². The molecule has 0 unspecified atom stereocenters. The highest BCUT2D eigenvalue weighted by Crippen LogP contribution is 2.61. The van der Waals surface area contributed by atoms with Gasteiger partial charge in [0, 0.05) is 5.56 Å². The van der Waals surface area contributed by atoms with Crippen molar-refractivity contribution in [2.75, 3.05) is 13.2 Å². The van der Waals surface area contributed by atoms with Gasteiger partial charge in [0.2, 0.25) is 0 Å². The highest BCUT2D eigenvalue weighted by molar-refractivity contribution is 8.25. The van der Waals surface area contributed by atoms with Gasteiger partial charge >= 0.3 is 0 Å². The first-order valence-electron chi connectivity index (χ1n) is 15.5. The quantitative estimate of drug-likeness (QED) is 0.113. The van der Waals surface area contributed by atoms with E-state index in [0.29, 0.717) is 30.5 Å². The summed E-state index contributed by atoms with van der Waals surface area (Å²) < 4.78 is 13.5. The number of nitrogens with zero attached hydrogens (tertiary/aromatic N) is 2. The number of fused-ring (bicyclic) bond motifs is 1. The fourth-order valence-corrected chi connectivity index (χ4v) is 7.82. The van der Waals surface area contributed by atoms with E-state index >= 15 is 0 Å². The first-order valence-corrected chi connectivity index (χ1v) is 17.1. The fourth-order valence-electron chi connectivity index (χ4n) is 5.12. The molecule has 8 heteroatoms. The molecule has 5 rings (SSSR count). The Morgan fingerprint density at radius 1 is 0.705 bits per heavy atom. The number of hydrogen-bond donors (Lipinski definition) is 0. The summed E-state index contributed by atoms with van der Waals surface area (Å²) in [5.41, 5.74) is 3.00. The van der Waals surface area contributed by atoms with Crippen molar-refractivity contribution in [3.63, 3.8) is 0 Å². The summed E-state index contributed by atoms with van der Waals surface area (Å²) in [5.74, 6) is 1.05. The van der Waals surface area contributed by atoms with Crippen LogP contribution in [-0.2, 0) is 28.1 Å². The Kier molecular flexibility index (Phi) is 10.3. The van der Waals surface area contributed by atoms with E-state index < -0.39 is 0 Å². The number of ether oxygens (including phenoxy) is 2. The van der Waals surface area contributed by atoms with Crippen LogP contribution < -0.4 is 9.47 Å². The first kappa shape index (κ1) is 32.0. The molecular weight excluding hydrogens is 589 g/mol. The molecule has 1 saturated heterocycles. The van der Waals surface area contributed by atoms with Crippen molar-refractivity contribution >= 4 is 35.3 Å². The van der Waals surface area contributed by atoms with Gasteiger partial charge in [-0.15, -0.1) is 0 Å². The van der Waals surface area contributed by atoms with E-state index in [1.54, 1.807) is 10.0 Å². The summed E-state index contributed by atoms with van der Waals surface area (Å²) in [4.78, 5) is 30.2. The number of unbranched alkanes of at least 4 members (excludes halogenated alkanes) is 2. The van der Waals surface area contributed by atoms with Crippen molar-refractivity contribution in [3.8, 4) is 11.5 Å². The molecule has 0 spiro atoms. The second kappa shape index (κ2) is 14.2. The van der Waals surface area contributed by atoms with Gasteiger partial charge in [0.05, 0.1) is 40.3 Å². The van der Waals surface area contributed by atoms with Crippen molar-refractivity contribution in [2.24, 2.45) is 0 Å². The Morgan fingerprint density at radius 3 is 1.70 bits per heavy atom. The van der Waals surface area contributed by atoms with Gasteiger partial charge in [-0.1, -0.05) is 132 Å². The zero-order valence-corrected chi connectivity index (χ0v) is 28.0. The predicted octanol–water partition coefficient (Wildman–Crippen LogP) is 8.74. The summed E-state index contributed by atoms with van der Waals surface area (Å²) in [7, 11) is 0. The van der Waals surface area contributed by atoms with Crippen LogP contribution in [0.25, 0.3) is 0 Å². The maximum Gasteiger partial charge on any atom is 0.280 e. The molecule has 1 fully saturated rings. The van der Waals surface area contributed by atoms with Gasteiger partial charge in [0.15, 0.2) is 0 Å². The lowest BCUT2D eigenvalue weighted by Crippen LogP contribution is -2.39. The monoisotopic (exact) mass is 630 g/mol. The zero-order chi connectivity index (χ0) is 31.3. The van der Waals surface area contributed by atoms with Gasteiger partial charge in [-0.3, -0.25) is 9.59 Å². The van der Waals surface area contributed by atoms with Gasteiger partial charge in [0.25, 0.3) is 11.8 Å². The van der Waals surface area contributed by atoms with E-state index in [1.807, 2.05) is 60.7 Å². The molecule has 0 N–H and O–H groups in total. The molecule has 0 atom stereocenters. The van der Waals surface area contributed by atoms with Crippen molar-refractivity contribution in [2.45, 2.75) is 88.6 Å². The second-order valence-electron chi connectivity index (χ2n) is 12.1. The number of carbonyl (C=O) groups is 2. The Morgan fingerprint density at radius 2 is 1.20 bits per heavy atom. The molecule has 0 aliphatic carbocycles. The second-order valence-corrected chi connectivity index (χ2v) is 14.4. The predicted molar refractivity (Wildman–Crippen MR) is 179 cm³/mol. The number of benzene rings is 3. The summed E-state index contributed by atoms with van der Waals surface area (Å²) >= 11 is 2.93. The van der Waals surface area contributed by atoms with Crippen LogP contribution in [0.3, 0.4) is 0 Å². The topological polar surface area (TPSA) is 59.1 Å². The van der Waals surface area contributed by atoms with Crippen LogP contribution >= 0.6 is 23.5 Å². The van der Waals surface area contributed by atoms with Crippen LogP contribution in [-0.4, -0.2) is 35.0 Å². The van der Waals surface area contributed by atoms with E-state index in [2.05, 4.69) is 40.7 Å². The molecule has 232 valence electrons. The van der Waals surface area contributed by atoms with Crippen molar-refractivity contribution < 1.29 is 19.1 Å². The smallest absolute Gasteiger partial charge is 0.280 e. The van der Waals surface area contributed by atoms with E-state index in [-0.39, 0.29) is 22.8 Å². The third-order valence-corrected chi connectivity index (χ3v) is 10.2. The first-order chi connectivity index (χ1) is 21.2. The van der Waals surface area contributed by atoms with E-state index in [0.717, 1.165) is 63.7 Å². The van der Waals surface area contributed by atoms with Crippen LogP contribution in [0.2, 0.25) is 0 Å². The molecule has 2 aliphatic heterocycles. The normalized spacial score (nSPS) is 14.9. The van der Waals surface area contributed by atoms with Crippen molar-refractivity contribution in [3.05, 3.63) is 93.2 Å². The van der Waals surface area contributed by atoms with E-state index in [4.69, 9.17) is 9.47 Å². The summed E-state index contributed by atoms with van der Waals surface area (Å²) in [6.07, 6.45) is 3.94. The third-order valence-electron chi connectivity index (χ3n) is 7.60. The van der Waals surface area contributed by atoms with Crippen LogP contribution in [0.5, 0.6) is 11.5 Å². The average molecular weight is 631 g/mol. The summed E-state index contributed by atoms with van der Waals surface area (Å²) in [5, 5.41) is 3.18. The number of amides is 2. The molecule has 3 aromatic rings. The van der Waals surface area contributed by atoms with Crippen molar-refractivity contribution in [1.82, 2.24) is 10.0 Å². The number of carbonyl (C=O) groups excluding carboxylic acids is 2. The van der Waals surface area contributed by atoms with E-state index in [1.165, 1.54) is 23.5 Å². The molecule has 0 aromatic heterocycles. The lowest BCUT2D eigenvalue weighted by atomic mass is 9.86. The molecule has 2 aliphatic rings. The molecule has 6 nitrogen and oxygen atoms in total. The van der Waals surface area contributed by atoms with Crippen LogP contribution in [0.15, 0.2) is 86.3 Å². The number of hydrazine groups is 1. The van der Waals surface area contributed by atoms with Gasteiger partial charge in [0.1, 0.15) is 17.1 Å². The summed E-state index contributed by atoms with van der Waals surface area (Å²) in [6, 6.07) is 21.7. The molecule has 0 saturated carbocycles. The molecule has 2 heterocycles. The Balaban J connectivity index is 1.58. The SMILES string of the molecule is CCCCOc1cc(C(C)(C)C)c(OCCCC)c2c1SC(=C1C(=O)N(Cc3ccccc3)N(Cc3ccccc3)C1=O)S2. The molecule has 0 bridgehead atoms. The van der Waals surface area contributed by atoms with Gasteiger partial charge in [-0.05, 0) is 35.4 Å². The summed E-state index contributed by atoms with van der Waals surface area (Å²) in [6.45, 7) is 12.6. The van der Waals surface area contributed by atoms with Crippen LogP contribution in [0.4, 0.5) is 0 Å². The van der Waals surface area contributed by atoms with Crippen LogP contribution in [0.1, 0.15) is 77.0 Å². The molecule has 44 heavy (non-hydrogen) atoms. The van der Waals surface area contributed by atoms with Gasteiger partial charge in [-0.2, -0.15) is 0 Å².